The molecule has 32 heavy (non-hydrogen) atoms. The van der Waals surface area contributed by atoms with Gasteiger partial charge in [-0.3, -0.25) is 4.90 Å². The topological polar surface area (TPSA) is 44.7 Å². The number of thiophene rings is 1. The maximum atomic E-state index is 5.54. The Morgan fingerprint density at radius 2 is 1.84 bits per heavy atom. The van der Waals surface area contributed by atoms with Crippen LogP contribution in [-0.2, 0) is 11.3 Å². The predicted molar refractivity (Wildman–Crippen MR) is 130 cm³/mol. The van der Waals surface area contributed by atoms with Gasteiger partial charge in [0.05, 0.1) is 25.1 Å². The minimum atomic E-state index is 0.548. The van der Waals surface area contributed by atoms with Gasteiger partial charge in [0.15, 0.2) is 0 Å². The molecule has 168 valence electrons. The van der Waals surface area contributed by atoms with Gasteiger partial charge < -0.3 is 14.5 Å². The number of likely N-dealkylation sites (N-methyl/N-ethyl adjacent to an activating group) is 1. The molecule has 3 aliphatic heterocycles. The molecule has 2 aromatic heterocycles. The standard InChI is InChI=1S/C25H31N5OS/c1-28-9-7-19-8-10-30(21(19)15-28)24-23-20(18-5-3-2-4-6-18)17-32-25(23)27-22(26-24)16-29-11-13-31-14-12-29/h2-6,17,19,21H,7-16H2,1H3/t19-,21-/m1/s1. The van der Waals surface area contributed by atoms with E-state index in [1.54, 1.807) is 11.3 Å². The maximum Gasteiger partial charge on any atom is 0.146 e. The van der Waals surface area contributed by atoms with Crippen molar-refractivity contribution in [1.82, 2.24) is 19.8 Å². The third-order valence-electron chi connectivity index (χ3n) is 7.35. The number of benzene rings is 1. The number of nitrogens with zero attached hydrogens (tertiary/aromatic N) is 5. The van der Waals surface area contributed by atoms with Crippen LogP contribution < -0.4 is 4.90 Å². The van der Waals surface area contributed by atoms with Crippen molar-refractivity contribution in [2.45, 2.75) is 25.4 Å². The lowest BCUT2D eigenvalue weighted by Gasteiger charge is -2.37. The van der Waals surface area contributed by atoms with Crippen molar-refractivity contribution in [2.75, 3.05) is 57.9 Å². The normalized spacial score (nSPS) is 24.8. The number of anilines is 1. The molecule has 3 aromatic rings. The minimum absolute atomic E-state index is 0.548. The number of fused-ring (bicyclic) bond motifs is 2. The fourth-order valence-corrected chi connectivity index (χ4v) is 6.56. The smallest absolute Gasteiger partial charge is 0.146 e. The van der Waals surface area contributed by atoms with Gasteiger partial charge >= 0.3 is 0 Å². The molecule has 6 nitrogen and oxygen atoms in total. The first-order chi connectivity index (χ1) is 15.8. The predicted octanol–water partition coefficient (Wildman–Crippen LogP) is 3.72. The largest absolute Gasteiger partial charge is 0.379 e. The Balaban J connectivity index is 1.45. The van der Waals surface area contributed by atoms with Crippen LogP contribution >= 0.6 is 11.3 Å². The average molecular weight is 450 g/mol. The van der Waals surface area contributed by atoms with Crippen LogP contribution in [0.3, 0.4) is 0 Å². The first kappa shape index (κ1) is 20.5. The van der Waals surface area contributed by atoms with Crippen LogP contribution in [0.25, 0.3) is 21.3 Å². The lowest BCUT2D eigenvalue weighted by molar-refractivity contribution is 0.0331. The van der Waals surface area contributed by atoms with Crippen LogP contribution in [0.15, 0.2) is 35.7 Å². The van der Waals surface area contributed by atoms with Crippen LogP contribution in [0.5, 0.6) is 0 Å². The Labute approximate surface area is 193 Å². The lowest BCUT2D eigenvalue weighted by atomic mass is 9.92. The van der Waals surface area contributed by atoms with E-state index >= 15 is 0 Å². The van der Waals surface area contributed by atoms with E-state index in [-0.39, 0.29) is 0 Å². The fourth-order valence-electron chi connectivity index (χ4n) is 5.60. The van der Waals surface area contributed by atoms with Gasteiger partial charge in [0.2, 0.25) is 0 Å². The highest BCUT2D eigenvalue weighted by atomic mass is 32.1. The van der Waals surface area contributed by atoms with Gasteiger partial charge in [-0.2, -0.15) is 0 Å². The molecule has 0 aliphatic carbocycles. The molecule has 7 heteroatoms. The molecule has 1 aromatic carbocycles. The molecule has 5 heterocycles. The molecule has 0 unspecified atom stereocenters. The summed E-state index contributed by atoms with van der Waals surface area (Å²) in [6.07, 6.45) is 2.56. The van der Waals surface area contributed by atoms with Crippen LogP contribution in [0, 0.1) is 5.92 Å². The quantitative estimate of drug-likeness (QED) is 0.605. The summed E-state index contributed by atoms with van der Waals surface area (Å²) in [5, 5.41) is 3.51. The Bertz CT molecular complexity index is 1080. The first-order valence-electron chi connectivity index (χ1n) is 11.8. The molecular formula is C25H31N5OS. The lowest BCUT2D eigenvalue weighted by Crippen LogP contribution is -2.47. The van der Waals surface area contributed by atoms with Crippen molar-refractivity contribution in [1.29, 1.82) is 0 Å². The zero-order chi connectivity index (χ0) is 21.5. The number of morpholine rings is 1. The number of hydrogen-bond acceptors (Lipinski definition) is 7. The van der Waals surface area contributed by atoms with E-state index in [1.165, 1.54) is 35.9 Å². The Kier molecular flexibility index (Phi) is 5.59. The number of piperidine rings is 1. The number of likely N-dealkylation sites (tertiary alicyclic amines) is 1. The Morgan fingerprint density at radius 3 is 2.69 bits per heavy atom. The second-order valence-corrected chi connectivity index (χ2v) is 10.3. The molecule has 0 bridgehead atoms. The summed E-state index contributed by atoms with van der Waals surface area (Å²) in [6, 6.07) is 11.3. The monoisotopic (exact) mass is 449 g/mol. The molecule has 3 fully saturated rings. The summed E-state index contributed by atoms with van der Waals surface area (Å²) in [6.45, 7) is 7.74. The highest BCUT2D eigenvalue weighted by Crippen LogP contribution is 2.42. The van der Waals surface area contributed by atoms with Crippen molar-refractivity contribution in [2.24, 2.45) is 5.92 Å². The molecule has 0 radical (unpaired) electrons. The molecule has 0 saturated carbocycles. The van der Waals surface area contributed by atoms with E-state index in [0.717, 1.165) is 68.3 Å². The van der Waals surface area contributed by atoms with Crippen LogP contribution in [0.4, 0.5) is 5.82 Å². The van der Waals surface area contributed by atoms with Gasteiger partial charge in [0.25, 0.3) is 0 Å². The van der Waals surface area contributed by atoms with Crippen molar-refractivity contribution in [3.05, 3.63) is 41.5 Å². The zero-order valence-corrected chi connectivity index (χ0v) is 19.6. The number of hydrogen-bond donors (Lipinski definition) is 0. The number of aromatic nitrogens is 2. The summed E-state index contributed by atoms with van der Waals surface area (Å²) < 4.78 is 5.54. The molecule has 3 aliphatic rings. The van der Waals surface area contributed by atoms with Crippen molar-refractivity contribution < 1.29 is 4.74 Å². The Morgan fingerprint density at radius 1 is 1.03 bits per heavy atom. The molecule has 3 saturated heterocycles. The minimum Gasteiger partial charge on any atom is -0.379 e. The summed E-state index contributed by atoms with van der Waals surface area (Å²) in [5.41, 5.74) is 2.52. The highest BCUT2D eigenvalue weighted by molar-refractivity contribution is 7.17. The van der Waals surface area contributed by atoms with Crippen LogP contribution in [0.2, 0.25) is 0 Å². The summed E-state index contributed by atoms with van der Waals surface area (Å²) in [7, 11) is 2.26. The van der Waals surface area contributed by atoms with E-state index in [4.69, 9.17) is 14.7 Å². The van der Waals surface area contributed by atoms with E-state index in [0.29, 0.717) is 6.04 Å². The third-order valence-corrected chi connectivity index (χ3v) is 8.22. The van der Waals surface area contributed by atoms with Gasteiger partial charge in [-0.05, 0) is 37.9 Å². The van der Waals surface area contributed by atoms with Crippen molar-refractivity contribution in [3.8, 4) is 11.1 Å². The second-order valence-electron chi connectivity index (χ2n) is 9.41. The maximum absolute atomic E-state index is 5.54. The van der Waals surface area contributed by atoms with Gasteiger partial charge in [-0.1, -0.05) is 30.3 Å². The molecule has 2 atom stereocenters. The molecule has 0 N–H and O–H groups in total. The average Bonchev–Trinajstić information content (AvgIpc) is 3.44. The number of rotatable bonds is 4. The van der Waals surface area contributed by atoms with Gasteiger partial charge in [-0.15, -0.1) is 11.3 Å². The molecule has 0 amide bonds. The van der Waals surface area contributed by atoms with Gasteiger partial charge in [0.1, 0.15) is 16.5 Å². The van der Waals surface area contributed by atoms with Crippen LogP contribution in [0.1, 0.15) is 18.7 Å². The molecule has 6 rings (SSSR count). The van der Waals surface area contributed by atoms with Crippen molar-refractivity contribution >= 4 is 27.4 Å². The van der Waals surface area contributed by atoms with Crippen LogP contribution in [-0.4, -0.2) is 78.8 Å². The fraction of sp³-hybridized carbons (Fsp3) is 0.520. The zero-order valence-electron chi connectivity index (χ0n) is 18.7. The highest BCUT2D eigenvalue weighted by Gasteiger charge is 2.39. The van der Waals surface area contributed by atoms with E-state index in [2.05, 4.69) is 57.5 Å². The van der Waals surface area contributed by atoms with Crippen molar-refractivity contribution in [3.63, 3.8) is 0 Å². The summed E-state index contributed by atoms with van der Waals surface area (Å²) in [5.74, 6) is 2.88. The van der Waals surface area contributed by atoms with E-state index in [9.17, 15) is 0 Å². The van der Waals surface area contributed by atoms with E-state index < -0.39 is 0 Å². The van der Waals surface area contributed by atoms with Gasteiger partial charge in [0, 0.05) is 43.2 Å². The number of ether oxygens (including phenoxy) is 1. The molecule has 0 spiro atoms. The first-order valence-corrected chi connectivity index (χ1v) is 12.7. The summed E-state index contributed by atoms with van der Waals surface area (Å²) >= 11 is 1.76. The SMILES string of the molecule is CN1CC[C@@H]2CCN(c3nc(CN4CCOCC4)nc4scc(-c5ccccc5)c34)[C@@H]2C1. The second kappa shape index (κ2) is 8.71. The summed E-state index contributed by atoms with van der Waals surface area (Å²) in [4.78, 5) is 19.0. The third kappa shape index (κ3) is 3.81. The molecular weight excluding hydrogens is 418 g/mol. The Hall–Kier alpha value is -2.06. The van der Waals surface area contributed by atoms with Gasteiger partial charge in [-0.25, -0.2) is 9.97 Å². The van der Waals surface area contributed by atoms with E-state index in [1.807, 2.05) is 0 Å².